The van der Waals surface area contributed by atoms with E-state index in [-0.39, 0.29) is 0 Å². The zero-order chi connectivity index (χ0) is 15.0. The minimum Gasteiger partial charge on any atom is -0.373 e. The molecule has 1 heterocycles. The molecular weight excluding hydrogens is 256 g/mol. The summed E-state index contributed by atoms with van der Waals surface area (Å²) in [5, 5.41) is 4.25. The Morgan fingerprint density at radius 1 is 0.857 bits per heavy atom. The summed E-state index contributed by atoms with van der Waals surface area (Å²) < 4.78 is 0. The van der Waals surface area contributed by atoms with Gasteiger partial charge in [-0.05, 0) is 67.3 Å². The Labute approximate surface area is 125 Å². The van der Waals surface area contributed by atoms with Crippen molar-refractivity contribution >= 4 is 16.7 Å². The molecule has 2 nitrogen and oxygen atoms in total. The second kappa shape index (κ2) is 5.21. The summed E-state index contributed by atoms with van der Waals surface area (Å²) in [6.45, 7) is 6.51. The van der Waals surface area contributed by atoms with Crippen LogP contribution in [0.2, 0.25) is 0 Å². The molecule has 21 heavy (non-hydrogen) atoms. The lowest BCUT2D eigenvalue weighted by molar-refractivity contribution is 1.32. The molecule has 0 aliphatic rings. The molecule has 0 spiro atoms. The molecule has 1 N–H and O–H groups in total. The highest BCUT2D eigenvalue weighted by Crippen LogP contribution is 2.30. The molecular formula is C19H20N2. The molecule has 1 aromatic heterocycles. The van der Waals surface area contributed by atoms with Crippen molar-refractivity contribution in [2.45, 2.75) is 20.8 Å². The molecule has 0 bridgehead atoms. The van der Waals surface area contributed by atoms with E-state index in [1.54, 1.807) is 0 Å². The smallest absolute Gasteiger partial charge is 0.126 e. The average molecular weight is 276 g/mol. The molecule has 0 saturated carbocycles. The predicted molar refractivity (Wildman–Crippen MR) is 90.9 cm³/mol. The van der Waals surface area contributed by atoms with Crippen LogP contribution in [0.4, 0.5) is 5.82 Å². The molecule has 0 unspecified atom stereocenters. The van der Waals surface area contributed by atoms with E-state index in [0.29, 0.717) is 0 Å². The number of nitrogens with zero attached hydrogens (tertiary/aromatic N) is 1. The van der Waals surface area contributed by atoms with Crippen molar-refractivity contribution in [3.05, 3.63) is 59.2 Å². The largest absolute Gasteiger partial charge is 0.373 e. The first kappa shape index (κ1) is 13.6. The Balaban J connectivity index is 2.18. The number of pyridine rings is 1. The van der Waals surface area contributed by atoms with Gasteiger partial charge in [0.25, 0.3) is 0 Å². The highest BCUT2D eigenvalue weighted by molar-refractivity contribution is 5.87. The Kier molecular flexibility index (Phi) is 3.38. The van der Waals surface area contributed by atoms with Gasteiger partial charge in [-0.2, -0.15) is 0 Å². The van der Waals surface area contributed by atoms with E-state index in [0.717, 1.165) is 11.3 Å². The number of benzene rings is 2. The van der Waals surface area contributed by atoms with Crippen LogP contribution in [0.3, 0.4) is 0 Å². The normalized spacial score (nSPS) is 10.9. The summed E-state index contributed by atoms with van der Waals surface area (Å²) in [5.41, 5.74) is 7.58. The van der Waals surface area contributed by atoms with Crippen LogP contribution in [-0.2, 0) is 0 Å². The van der Waals surface area contributed by atoms with Crippen LogP contribution in [-0.4, -0.2) is 12.0 Å². The van der Waals surface area contributed by atoms with Gasteiger partial charge in [-0.25, -0.2) is 4.98 Å². The van der Waals surface area contributed by atoms with E-state index < -0.39 is 0 Å². The van der Waals surface area contributed by atoms with Gasteiger partial charge in [0.15, 0.2) is 0 Å². The Hall–Kier alpha value is -2.35. The number of nitrogens with one attached hydrogen (secondary N) is 1. The Morgan fingerprint density at radius 2 is 1.57 bits per heavy atom. The van der Waals surface area contributed by atoms with E-state index >= 15 is 0 Å². The van der Waals surface area contributed by atoms with E-state index in [1.807, 2.05) is 13.1 Å². The molecule has 3 aromatic rings. The van der Waals surface area contributed by atoms with Crippen molar-refractivity contribution in [2.24, 2.45) is 0 Å². The van der Waals surface area contributed by atoms with Gasteiger partial charge in [0.1, 0.15) is 5.82 Å². The lowest BCUT2D eigenvalue weighted by Gasteiger charge is -2.12. The number of hydrogen-bond acceptors (Lipinski definition) is 2. The van der Waals surface area contributed by atoms with Gasteiger partial charge >= 0.3 is 0 Å². The molecule has 2 aromatic carbocycles. The lowest BCUT2D eigenvalue weighted by Crippen LogP contribution is -1.93. The fraction of sp³-hybridized carbons (Fsp3) is 0.211. The number of hydrogen-bond donors (Lipinski definition) is 1. The molecule has 3 rings (SSSR count). The van der Waals surface area contributed by atoms with Crippen molar-refractivity contribution in [2.75, 3.05) is 12.4 Å². The molecule has 0 radical (unpaired) electrons. The van der Waals surface area contributed by atoms with Gasteiger partial charge in [-0.15, -0.1) is 0 Å². The third-order valence-electron chi connectivity index (χ3n) is 3.91. The van der Waals surface area contributed by atoms with Crippen LogP contribution in [0.25, 0.3) is 22.0 Å². The van der Waals surface area contributed by atoms with Crippen molar-refractivity contribution in [3.8, 4) is 11.1 Å². The summed E-state index contributed by atoms with van der Waals surface area (Å²) in [6.07, 6.45) is 0. The molecule has 0 fully saturated rings. The number of fused-ring (bicyclic) bond motifs is 1. The van der Waals surface area contributed by atoms with Crippen LogP contribution in [0, 0.1) is 20.8 Å². The van der Waals surface area contributed by atoms with Gasteiger partial charge in [-0.3, -0.25) is 0 Å². The maximum absolute atomic E-state index is 4.58. The van der Waals surface area contributed by atoms with Crippen LogP contribution in [0.15, 0.2) is 42.5 Å². The monoisotopic (exact) mass is 276 g/mol. The van der Waals surface area contributed by atoms with Crippen LogP contribution in [0.5, 0.6) is 0 Å². The predicted octanol–water partition coefficient (Wildman–Crippen LogP) is 4.87. The zero-order valence-corrected chi connectivity index (χ0v) is 13.0. The standard InChI is InChI=1S/C19H20N2/c1-12-9-13(2)19(14(3)10-12)16-5-7-17-15(11-16)6-8-18(20-4)21-17/h5-11H,1-4H3,(H,20,21). The van der Waals surface area contributed by atoms with E-state index in [4.69, 9.17) is 0 Å². The number of anilines is 1. The first-order chi connectivity index (χ1) is 10.1. The first-order valence-electron chi connectivity index (χ1n) is 7.25. The molecule has 0 aliphatic heterocycles. The van der Waals surface area contributed by atoms with Crippen LogP contribution in [0.1, 0.15) is 16.7 Å². The highest BCUT2D eigenvalue weighted by atomic mass is 15.0. The van der Waals surface area contributed by atoms with Gasteiger partial charge in [0.05, 0.1) is 5.52 Å². The number of rotatable bonds is 2. The second-order valence-electron chi connectivity index (χ2n) is 5.63. The average Bonchev–Trinajstić information content (AvgIpc) is 2.45. The van der Waals surface area contributed by atoms with Crippen molar-refractivity contribution in [1.82, 2.24) is 4.98 Å². The van der Waals surface area contributed by atoms with Crippen molar-refractivity contribution in [3.63, 3.8) is 0 Å². The third-order valence-corrected chi connectivity index (χ3v) is 3.91. The van der Waals surface area contributed by atoms with Gasteiger partial charge < -0.3 is 5.32 Å². The van der Waals surface area contributed by atoms with E-state index in [2.05, 4.69) is 67.5 Å². The zero-order valence-electron chi connectivity index (χ0n) is 13.0. The summed E-state index contributed by atoms with van der Waals surface area (Å²) in [6, 6.07) is 15.1. The van der Waals surface area contributed by atoms with Crippen molar-refractivity contribution < 1.29 is 0 Å². The highest BCUT2D eigenvalue weighted by Gasteiger charge is 2.08. The minimum absolute atomic E-state index is 0.901. The summed E-state index contributed by atoms with van der Waals surface area (Å²) in [5.74, 6) is 0.901. The topological polar surface area (TPSA) is 24.9 Å². The summed E-state index contributed by atoms with van der Waals surface area (Å²) in [7, 11) is 1.89. The van der Waals surface area contributed by atoms with E-state index in [9.17, 15) is 0 Å². The summed E-state index contributed by atoms with van der Waals surface area (Å²) >= 11 is 0. The maximum Gasteiger partial charge on any atom is 0.126 e. The number of aromatic nitrogens is 1. The molecule has 0 aliphatic carbocycles. The number of aryl methyl sites for hydroxylation is 3. The van der Waals surface area contributed by atoms with E-state index in [1.165, 1.54) is 33.2 Å². The maximum atomic E-state index is 4.58. The Morgan fingerprint density at radius 3 is 2.24 bits per heavy atom. The quantitative estimate of drug-likeness (QED) is 0.722. The summed E-state index contributed by atoms with van der Waals surface area (Å²) in [4.78, 5) is 4.58. The second-order valence-corrected chi connectivity index (χ2v) is 5.63. The van der Waals surface area contributed by atoms with Crippen molar-refractivity contribution in [1.29, 1.82) is 0 Å². The SMILES string of the molecule is CNc1ccc2cc(-c3c(C)cc(C)cc3C)ccc2n1. The fourth-order valence-electron chi connectivity index (χ4n) is 3.06. The Bertz CT molecular complexity index is 796. The first-order valence-corrected chi connectivity index (χ1v) is 7.25. The van der Waals surface area contributed by atoms with Gasteiger partial charge in [0.2, 0.25) is 0 Å². The molecule has 0 saturated heterocycles. The molecule has 0 atom stereocenters. The molecule has 0 amide bonds. The fourth-order valence-corrected chi connectivity index (χ4v) is 3.06. The molecule has 106 valence electrons. The van der Waals surface area contributed by atoms with Crippen LogP contribution >= 0.6 is 0 Å². The van der Waals surface area contributed by atoms with Crippen LogP contribution < -0.4 is 5.32 Å². The molecule has 2 heteroatoms. The minimum atomic E-state index is 0.901. The van der Waals surface area contributed by atoms with Gasteiger partial charge in [-0.1, -0.05) is 23.8 Å². The van der Waals surface area contributed by atoms with Gasteiger partial charge in [0, 0.05) is 12.4 Å². The third kappa shape index (κ3) is 2.49. The lowest BCUT2D eigenvalue weighted by atomic mass is 9.93.